The molecule has 1 aliphatic heterocycles. The molecule has 2 N–H and O–H groups in total. The van der Waals surface area contributed by atoms with Gasteiger partial charge in [0, 0.05) is 31.2 Å². The number of amides is 1. The Morgan fingerprint density at radius 2 is 2.17 bits per heavy atom. The van der Waals surface area contributed by atoms with Crippen LogP contribution in [0.1, 0.15) is 29.5 Å². The van der Waals surface area contributed by atoms with Crippen molar-refractivity contribution in [3.8, 4) is 11.4 Å². The highest BCUT2D eigenvalue weighted by molar-refractivity contribution is 5.95. The molecule has 2 heterocycles. The number of aliphatic hydroxyl groups excluding tert-OH is 1. The fourth-order valence-electron chi connectivity index (χ4n) is 2.98. The number of nitrogens with one attached hydrogen (secondary N) is 1. The maximum atomic E-state index is 12.7. The average Bonchev–Trinajstić information content (AvgIpc) is 3.27. The molecule has 1 fully saturated rings. The van der Waals surface area contributed by atoms with Gasteiger partial charge in [-0.3, -0.25) is 9.89 Å². The molecule has 0 radical (unpaired) electrons. The van der Waals surface area contributed by atoms with Crippen molar-refractivity contribution in [2.24, 2.45) is 0 Å². The lowest BCUT2D eigenvalue weighted by atomic mass is 10.1. The van der Waals surface area contributed by atoms with E-state index in [1.54, 1.807) is 24.1 Å². The fraction of sp³-hybridized carbons (Fsp3) is 0.471. The molecular formula is C17H22N4O3. The van der Waals surface area contributed by atoms with Gasteiger partial charge in [0.15, 0.2) is 5.82 Å². The van der Waals surface area contributed by atoms with E-state index in [9.17, 15) is 9.90 Å². The Balaban J connectivity index is 1.76. The van der Waals surface area contributed by atoms with Gasteiger partial charge in [0.1, 0.15) is 5.82 Å². The van der Waals surface area contributed by atoms with Gasteiger partial charge in [0.25, 0.3) is 5.91 Å². The van der Waals surface area contributed by atoms with E-state index in [4.69, 9.17) is 4.74 Å². The third-order valence-electron chi connectivity index (χ3n) is 4.44. The number of methoxy groups -OCH3 is 1. The van der Waals surface area contributed by atoms with Gasteiger partial charge in [-0.05, 0) is 18.6 Å². The summed E-state index contributed by atoms with van der Waals surface area (Å²) in [5.41, 5.74) is 1.44. The van der Waals surface area contributed by atoms with E-state index in [-0.39, 0.29) is 24.7 Å². The first kappa shape index (κ1) is 16.6. The monoisotopic (exact) mass is 330 g/mol. The van der Waals surface area contributed by atoms with Crippen LogP contribution in [0.4, 0.5) is 0 Å². The van der Waals surface area contributed by atoms with Gasteiger partial charge < -0.3 is 14.7 Å². The number of hydrogen-bond acceptors (Lipinski definition) is 5. The van der Waals surface area contributed by atoms with Gasteiger partial charge >= 0.3 is 0 Å². The van der Waals surface area contributed by atoms with E-state index >= 15 is 0 Å². The minimum atomic E-state index is -0.192. The third-order valence-corrected chi connectivity index (χ3v) is 4.44. The van der Waals surface area contributed by atoms with Crippen LogP contribution in [0.3, 0.4) is 0 Å². The molecule has 0 spiro atoms. The molecule has 2 atom stereocenters. The standard InChI is InChI=1S/C17H22N4O3/c1-3-15-18-16(20-19-15)11-4-6-12(7-5-11)17(23)21-9-14(24-2)8-13(21)10-22/h4-7,13-14,22H,3,8-10H2,1-2H3,(H,18,19,20)/t13-,14+/m0/s1. The molecule has 2 aromatic rings. The predicted octanol–water partition coefficient (Wildman–Crippen LogP) is 1.26. The zero-order chi connectivity index (χ0) is 17.1. The van der Waals surface area contributed by atoms with Gasteiger partial charge in [-0.2, -0.15) is 5.10 Å². The quantitative estimate of drug-likeness (QED) is 0.861. The van der Waals surface area contributed by atoms with E-state index in [1.165, 1.54) is 0 Å². The van der Waals surface area contributed by atoms with E-state index in [1.807, 2.05) is 19.1 Å². The lowest BCUT2D eigenvalue weighted by Crippen LogP contribution is -2.38. The highest BCUT2D eigenvalue weighted by Gasteiger charge is 2.35. The summed E-state index contributed by atoms with van der Waals surface area (Å²) in [6.45, 7) is 2.46. The molecule has 1 aromatic heterocycles. The van der Waals surface area contributed by atoms with Crippen LogP contribution in [0, 0.1) is 0 Å². The Bertz CT molecular complexity index is 698. The van der Waals surface area contributed by atoms with Gasteiger partial charge in [-0.15, -0.1) is 0 Å². The number of aryl methyl sites for hydroxylation is 1. The second-order valence-electron chi connectivity index (χ2n) is 5.92. The summed E-state index contributed by atoms with van der Waals surface area (Å²) in [6.07, 6.45) is 1.43. The van der Waals surface area contributed by atoms with Crippen LogP contribution in [-0.2, 0) is 11.2 Å². The molecule has 0 aliphatic carbocycles. The van der Waals surface area contributed by atoms with E-state index in [0.717, 1.165) is 17.8 Å². The molecule has 7 nitrogen and oxygen atoms in total. The van der Waals surface area contributed by atoms with Crippen LogP contribution >= 0.6 is 0 Å². The summed E-state index contributed by atoms with van der Waals surface area (Å²) in [7, 11) is 1.63. The zero-order valence-electron chi connectivity index (χ0n) is 13.9. The number of likely N-dealkylation sites (tertiary alicyclic amines) is 1. The molecule has 0 bridgehead atoms. The largest absolute Gasteiger partial charge is 0.394 e. The number of hydrogen-bond donors (Lipinski definition) is 2. The maximum Gasteiger partial charge on any atom is 0.254 e. The molecule has 1 aromatic carbocycles. The predicted molar refractivity (Wildman–Crippen MR) is 88.5 cm³/mol. The first-order valence-corrected chi connectivity index (χ1v) is 8.12. The average molecular weight is 330 g/mol. The molecule has 0 unspecified atom stereocenters. The lowest BCUT2D eigenvalue weighted by molar-refractivity contribution is 0.0648. The number of carbonyl (C=O) groups is 1. The molecule has 0 saturated carbocycles. The SMILES string of the molecule is CCc1nc(-c2ccc(C(=O)N3C[C@H](OC)C[C@H]3CO)cc2)n[nH]1. The topological polar surface area (TPSA) is 91.3 Å². The highest BCUT2D eigenvalue weighted by atomic mass is 16.5. The second-order valence-corrected chi connectivity index (χ2v) is 5.92. The Hall–Kier alpha value is -2.25. The normalized spacial score (nSPS) is 20.5. The molecule has 7 heteroatoms. The van der Waals surface area contributed by atoms with Crippen molar-refractivity contribution in [2.75, 3.05) is 20.3 Å². The summed E-state index contributed by atoms with van der Waals surface area (Å²) in [4.78, 5) is 18.8. The molecule has 1 saturated heterocycles. The van der Waals surface area contributed by atoms with Crippen LogP contribution in [0.25, 0.3) is 11.4 Å². The van der Waals surface area contributed by atoms with Gasteiger partial charge in [-0.1, -0.05) is 19.1 Å². The number of rotatable bonds is 5. The summed E-state index contributed by atoms with van der Waals surface area (Å²) in [6, 6.07) is 7.03. The molecule has 3 rings (SSSR count). The van der Waals surface area contributed by atoms with E-state index in [2.05, 4.69) is 15.2 Å². The van der Waals surface area contributed by atoms with Gasteiger partial charge in [-0.25, -0.2) is 4.98 Å². The van der Waals surface area contributed by atoms with Gasteiger partial charge in [0.2, 0.25) is 0 Å². The lowest BCUT2D eigenvalue weighted by Gasteiger charge is -2.22. The van der Waals surface area contributed by atoms with Crippen LogP contribution in [0.2, 0.25) is 0 Å². The first-order valence-electron chi connectivity index (χ1n) is 8.12. The Kier molecular flexibility index (Phi) is 4.92. The number of aromatic amines is 1. The van der Waals surface area contributed by atoms with Crippen molar-refractivity contribution in [3.63, 3.8) is 0 Å². The van der Waals surface area contributed by atoms with Crippen molar-refractivity contribution in [1.29, 1.82) is 0 Å². The Morgan fingerprint density at radius 1 is 1.42 bits per heavy atom. The number of aliphatic hydroxyl groups is 1. The molecule has 24 heavy (non-hydrogen) atoms. The number of ether oxygens (including phenoxy) is 1. The second kappa shape index (κ2) is 7.11. The summed E-state index contributed by atoms with van der Waals surface area (Å²) in [5.74, 6) is 1.36. The van der Waals surface area contributed by atoms with Crippen molar-refractivity contribution in [3.05, 3.63) is 35.7 Å². The van der Waals surface area contributed by atoms with Crippen LogP contribution < -0.4 is 0 Å². The Labute approximate surface area is 140 Å². The van der Waals surface area contributed by atoms with Crippen molar-refractivity contribution < 1.29 is 14.6 Å². The minimum Gasteiger partial charge on any atom is -0.394 e. The molecule has 128 valence electrons. The summed E-state index contributed by atoms with van der Waals surface area (Å²) < 4.78 is 5.32. The number of aromatic nitrogens is 3. The smallest absolute Gasteiger partial charge is 0.254 e. The van der Waals surface area contributed by atoms with Crippen molar-refractivity contribution >= 4 is 5.91 Å². The molecule has 1 amide bonds. The van der Waals surface area contributed by atoms with Crippen molar-refractivity contribution in [2.45, 2.75) is 31.9 Å². The van der Waals surface area contributed by atoms with Crippen LogP contribution in [-0.4, -0.2) is 63.5 Å². The molecular weight excluding hydrogens is 308 g/mol. The third kappa shape index (κ3) is 3.18. The van der Waals surface area contributed by atoms with E-state index in [0.29, 0.717) is 24.4 Å². The van der Waals surface area contributed by atoms with Crippen molar-refractivity contribution in [1.82, 2.24) is 20.1 Å². The minimum absolute atomic E-state index is 0.0221. The van der Waals surface area contributed by atoms with E-state index < -0.39 is 0 Å². The van der Waals surface area contributed by atoms with Crippen LogP contribution in [0.5, 0.6) is 0 Å². The van der Waals surface area contributed by atoms with Crippen LogP contribution in [0.15, 0.2) is 24.3 Å². The van der Waals surface area contributed by atoms with Gasteiger partial charge in [0.05, 0.1) is 18.8 Å². The summed E-state index contributed by atoms with van der Waals surface area (Å²) >= 11 is 0. The fourth-order valence-corrected chi connectivity index (χ4v) is 2.98. The summed E-state index contributed by atoms with van der Waals surface area (Å²) in [5, 5.41) is 16.6. The maximum absolute atomic E-state index is 12.7. The zero-order valence-corrected chi connectivity index (χ0v) is 13.9. The Morgan fingerprint density at radius 3 is 2.75 bits per heavy atom. The number of nitrogens with zero attached hydrogens (tertiary/aromatic N) is 3. The highest BCUT2D eigenvalue weighted by Crippen LogP contribution is 2.23. The number of H-pyrrole nitrogens is 1. The number of carbonyl (C=O) groups excluding carboxylic acids is 1. The number of benzene rings is 1. The first-order chi connectivity index (χ1) is 11.7. The molecule has 1 aliphatic rings.